The van der Waals surface area contributed by atoms with E-state index in [4.69, 9.17) is 17.3 Å². The smallest absolute Gasteiger partial charge is 0.0620 e. The number of para-hydroxylation sites is 1. The molecular weight excluding hydrogens is 232 g/mol. The van der Waals surface area contributed by atoms with Gasteiger partial charge >= 0.3 is 0 Å². The second-order valence-corrected chi connectivity index (χ2v) is 4.48. The van der Waals surface area contributed by atoms with Crippen LogP contribution >= 0.6 is 11.6 Å². The Kier molecular flexibility index (Phi) is 3.25. The molecule has 2 nitrogen and oxygen atoms in total. The van der Waals surface area contributed by atoms with E-state index in [1.54, 1.807) is 0 Å². The van der Waals surface area contributed by atoms with E-state index < -0.39 is 0 Å². The first-order valence-electron chi connectivity index (χ1n) is 5.47. The first kappa shape index (κ1) is 11.8. The monoisotopic (exact) mass is 246 g/mol. The molecular formula is C14H15ClN2. The van der Waals surface area contributed by atoms with Crippen LogP contribution in [0.3, 0.4) is 0 Å². The van der Waals surface area contributed by atoms with Crippen LogP contribution in [-0.4, -0.2) is 0 Å². The number of benzene rings is 2. The summed E-state index contributed by atoms with van der Waals surface area (Å²) in [4.78, 5) is 0. The largest absolute Gasteiger partial charge is 0.397 e. The molecule has 0 aliphatic carbocycles. The van der Waals surface area contributed by atoms with Crippen molar-refractivity contribution >= 4 is 28.7 Å². The normalized spacial score (nSPS) is 10.3. The molecule has 0 saturated heterocycles. The number of aryl methyl sites for hydroxylation is 1. The van der Waals surface area contributed by atoms with Gasteiger partial charge < -0.3 is 11.1 Å². The molecule has 0 radical (unpaired) electrons. The fraction of sp³-hybridized carbons (Fsp3) is 0.143. The van der Waals surface area contributed by atoms with Crippen molar-refractivity contribution in [2.24, 2.45) is 0 Å². The van der Waals surface area contributed by atoms with E-state index in [1.165, 1.54) is 0 Å². The third-order valence-electron chi connectivity index (χ3n) is 2.86. The lowest BCUT2D eigenvalue weighted by Gasteiger charge is -2.13. The fourth-order valence-corrected chi connectivity index (χ4v) is 1.85. The SMILES string of the molecule is Cc1cccc(Nc2cccc(Cl)c2C)c1N. The Morgan fingerprint density at radius 2 is 1.65 bits per heavy atom. The molecule has 2 rings (SSSR count). The van der Waals surface area contributed by atoms with Crippen molar-refractivity contribution in [2.75, 3.05) is 11.1 Å². The molecule has 3 heteroatoms. The third kappa shape index (κ3) is 2.37. The molecule has 0 aliphatic heterocycles. The quantitative estimate of drug-likeness (QED) is 0.776. The van der Waals surface area contributed by atoms with Gasteiger partial charge in [0.05, 0.1) is 11.4 Å². The van der Waals surface area contributed by atoms with Gasteiger partial charge in [-0.2, -0.15) is 0 Å². The van der Waals surface area contributed by atoms with Gasteiger partial charge in [0, 0.05) is 10.7 Å². The van der Waals surface area contributed by atoms with Crippen LogP contribution in [0, 0.1) is 13.8 Å². The molecule has 0 heterocycles. The standard InChI is InChI=1S/C14H15ClN2/c1-9-5-3-8-13(14(9)16)17-12-7-4-6-11(15)10(12)2/h3-8,17H,16H2,1-2H3. The van der Waals surface area contributed by atoms with Gasteiger partial charge in [-0.15, -0.1) is 0 Å². The van der Waals surface area contributed by atoms with Crippen LogP contribution in [0.25, 0.3) is 0 Å². The molecule has 2 aromatic rings. The van der Waals surface area contributed by atoms with Gasteiger partial charge in [-0.1, -0.05) is 29.8 Å². The Labute approximate surface area is 106 Å². The summed E-state index contributed by atoms with van der Waals surface area (Å²) in [5, 5.41) is 4.06. The van der Waals surface area contributed by atoms with E-state index >= 15 is 0 Å². The minimum atomic E-state index is 0.751. The number of nitrogens with two attached hydrogens (primary N) is 1. The predicted octanol–water partition coefficient (Wildman–Crippen LogP) is 4.28. The van der Waals surface area contributed by atoms with Crippen LogP contribution in [0.5, 0.6) is 0 Å². The molecule has 0 saturated carbocycles. The van der Waals surface area contributed by atoms with Crippen LogP contribution < -0.4 is 11.1 Å². The number of halogens is 1. The summed E-state index contributed by atoms with van der Waals surface area (Å²) in [6, 6.07) is 11.7. The number of rotatable bonds is 2. The van der Waals surface area contributed by atoms with Gasteiger partial charge in [-0.25, -0.2) is 0 Å². The second kappa shape index (κ2) is 4.68. The van der Waals surface area contributed by atoms with Crippen molar-refractivity contribution in [3.63, 3.8) is 0 Å². The summed E-state index contributed by atoms with van der Waals surface area (Å²) in [6.45, 7) is 3.97. The number of hydrogen-bond donors (Lipinski definition) is 2. The van der Waals surface area contributed by atoms with Gasteiger partial charge in [0.25, 0.3) is 0 Å². The minimum Gasteiger partial charge on any atom is -0.397 e. The lowest BCUT2D eigenvalue weighted by Crippen LogP contribution is -1.99. The van der Waals surface area contributed by atoms with Crippen molar-refractivity contribution in [3.05, 3.63) is 52.5 Å². The van der Waals surface area contributed by atoms with Crippen LogP contribution in [0.1, 0.15) is 11.1 Å². The molecule has 0 aliphatic rings. The summed E-state index contributed by atoms with van der Waals surface area (Å²) >= 11 is 6.08. The molecule has 0 atom stereocenters. The lowest BCUT2D eigenvalue weighted by molar-refractivity contribution is 1.41. The Bertz CT molecular complexity index is 500. The number of nitrogens with one attached hydrogen (secondary N) is 1. The first-order valence-corrected chi connectivity index (χ1v) is 5.84. The van der Waals surface area contributed by atoms with Crippen LogP contribution in [-0.2, 0) is 0 Å². The molecule has 2 aromatic carbocycles. The van der Waals surface area contributed by atoms with E-state index in [9.17, 15) is 0 Å². The van der Waals surface area contributed by atoms with Crippen molar-refractivity contribution < 1.29 is 0 Å². The summed E-state index contributed by atoms with van der Waals surface area (Å²) in [7, 11) is 0. The molecule has 3 N–H and O–H groups in total. The lowest BCUT2D eigenvalue weighted by atomic mass is 10.1. The van der Waals surface area contributed by atoms with E-state index in [0.717, 1.165) is 33.2 Å². The second-order valence-electron chi connectivity index (χ2n) is 4.07. The first-order chi connectivity index (χ1) is 8.09. The Hall–Kier alpha value is -1.67. The predicted molar refractivity (Wildman–Crippen MR) is 75.1 cm³/mol. The fourth-order valence-electron chi connectivity index (χ4n) is 1.68. The van der Waals surface area contributed by atoms with E-state index in [0.29, 0.717) is 0 Å². The van der Waals surface area contributed by atoms with Gasteiger partial charge in [0.15, 0.2) is 0 Å². The van der Waals surface area contributed by atoms with Crippen molar-refractivity contribution in [2.45, 2.75) is 13.8 Å². The average molecular weight is 247 g/mol. The minimum absolute atomic E-state index is 0.751. The maximum absolute atomic E-state index is 6.08. The van der Waals surface area contributed by atoms with Crippen LogP contribution in [0.2, 0.25) is 5.02 Å². The molecule has 0 unspecified atom stereocenters. The van der Waals surface area contributed by atoms with Gasteiger partial charge in [0.1, 0.15) is 0 Å². The topological polar surface area (TPSA) is 38.0 Å². The molecule has 0 fully saturated rings. The maximum atomic E-state index is 6.08. The highest BCUT2D eigenvalue weighted by Gasteiger charge is 2.05. The summed E-state index contributed by atoms with van der Waals surface area (Å²) in [6.07, 6.45) is 0. The maximum Gasteiger partial charge on any atom is 0.0620 e. The zero-order valence-corrected chi connectivity index (χ0v) is 10.7. The van der Waals surface area contributed by atoms with E-state index in [2.05, 4.69) is 5.32 Å². The molecule has 88 valence electrons. The zero-order chi connectivity index (χ0) is 12.4. The van der Waals surface area contributed by atoms with Crippen LogP contribution in [0.4, 0.5) is 17.1 Å². The molecule has 0 spiro atoms. The molecule has 0 bridgehead atoms. The molecule has 0 aromatic heterocycles. The van der Waals surface area contributed by atoms with Gasteiger partial charge in [-0.3, -0.25) is 0 Å². The summed E-state index contributed by atoms with van der Waals surface area (Å²) in [5.41, 5.74) is 10.8. The van der Waals surface area contributed by atoms with Crippen molar-refractivity contribution in [1.29, 1.82) is 0 Å². The van der Waals surface area contributed by atoms with Gasteiger partial charge in [-0.05, 0) is 43.2 Å². The highest BCUT2D eigenvalue weighted by Crippen LogP contribution is 2.29. The number of hydrogen-bond acceptors (Lipinski definition) is 2. The van der Waals surface area contributed by atoms with E-state index in [-0.39, 0.29) is 0 Å². The highest BCUT2D eigenvalue weighted by molar-refractivity contribution is 6.31. The Morgan fingerprint density at radius 1 is 1.00 bits per heavy atom. The Balaban J connectivity index is 2.38. The highest BCUT2D eigenvalue weighted by atomic mass is 35.5. The van der Waals surface area contributed by atoms with Crippen molar-refractivity contribution in [3.8, 4) is 0 Å². The van der Waals surface area contributed by atoms with Crippen LogP contribution in [0.15, 0.2) is 36.4 Å². The van der Waals surface area contributed by atoms with Gasteiger partial charge in [0.2, 0.25) is 0 Å². The summed E-state index contributed by atoms with van der Waals surface area (Å²) in [5.74, 6) is 0. The van der Waals surface area contributed by atoms with Crippen molar-refractivity contribution in [1.82, 2.24) is 0 Å². The van der Waals surface area contributed by atoms with E-state index in [1.807, 2.05) is 50.2 Å². The Morgan fingerprint density at radius 3 is 2.41 bits per heavy atom. The summed E-state index contributed by atoms with van der Waals surface area (Å²) < 4.78 is 0. The molecule has 17 heavy (non-hydrogen) atoms. The average Bonchev–Trinajstić information content (AvgIpc) is 2.31. The number of nitrogen functional groups attached to an aromatic ring is 1. The number of anilines is 3. The third-order valence-corrected chi connectivity index (χ3v) is 3.27. The zero-order valence-electron chi connectivity index (χ0n) is 9.92. The molecule has 0 amide bonds.